The summed E-state index contributed by atoms with van der Waals surface area (Å²) in [4.78, 5) is 31.9. The molecule has 168 valence electrons. The topological polar surface area (TPSA) is 55.9 Å². The van der Waals surface area contributed by atoms with Crippen molar-refractivity contribution >= 4 is 11.8 Å². The zero-order chi connectivity index (χ0) is 21.2. The molecule has 0 unspecified atom stereocenters. The zero-order valence-electron chi connectivity index (χ0n) is 19.3. The number of carbonyl (C=O) groups excluding carboxylic acids is 2. The molecule has 2 amide bonds. The third-order valence-corrected chi connectivity index (χ3v) is 6.54. The third kappa shape index (κ3) is 7.25. The molecule has 0 bridgehead atoms. The molecule has 0 aromatic heterocycles. The Balaban J connectivity index is 1.91. The first kappa shape index (κ1) is 24.1. The highest BCUT2D eigenvalue weighted by Gasteiger charge is 2.39. The summed E-state index contributed by atoms with van der Waals surface area (Å²) < 4.78 is 0. The van der Waals surface area contributed by atoms with E-state index < -0.39 is 0 Å². The maximum absolute atomic E-state index is 13.0. The van der Waals surface area contributed by atoms with E-state index in [2.05, 4.69) is 42.8 Å². The number of hydrogen-bond donors (Lipinski definition) is 1. The van der Waals surface area contributed by atoms with Crippen LogP contribution in [0, 0.1) is 5.92 Å². The highest BCUT2D eigenvalue weighted by atomic mass is 16.2. The molecule has 2 aliphatic rings. The number of Topliss-reactive ketones (excluding diaryl/α,β-unsaturated/α-hetero) is 1. The number of nitrogens with zero attached hydrogens (tertiary/aromatic N) is 3. The van der Waals surface area contributed by atoms with E-state index in [1.807, 2.05) is 4.90 Å². The van der Waals surface area contributed by atoms with E-state index >= 15 is 0 Å². The molecular weight excluding hydrogens is 364 g/mol. The lowest BCUT2D eigenvalue weighted by Crippen LogP contribution is -2.59. The van der Waals surface area contributed by atoms with Crippen LogP contribution < -0.4 is 5.32 Å². The molecule has 6 nitrogen and oxygen atoms in total. The maximum Gasteiger partial charge on any atom is 0.317 e. The molecule has 1 saturated carbocycles. The summed E-state index contributed by atoms with van der Waals surface area (Å²) in [6, 6.07) is 0.736. The lowest BCUT2D eigenvalue weighted by molar-refractivity contribution is -0.124. The normalized spacial score (nSPS) is 25.1. The Morgan fingerprint density at radius 3 is 2.41 bits per heavy atom. The Morgan fingerprint density at radius 1 is 1.07 bits per heavy atom. The summed E-state index contributed by atoms with van der Waals surface area (Å²) in [6.07, 6.45) is 6.77. The van der Waals surface area contributed by atoms with E-state index in [4.69, 9.17) is 0 Å². The summed E-state index contributed by atoms with van der Waals surface area (Å²) in [5.74, 6) is 0.804. The molecule has 1 N–H and O–H groups in total. The number of ketones is 1. The lowest BCUT2D eigenvalue weighted by Gasteiger charge is -2.47. The number of urea groups is 1. The van der Waals surface area contributed by atoms with Gasteiger partial charge in [-0.3, -0.25) is 9.69 Å². The van der Waals surface area contributed by atoms with Crippen molar-refractivity contribution in [2.45, 2.75) is 84.7 Å². The van der Waals surface area contributed by atoms with Gasteiger partial charge >= 0.3 is 6.03 Å². The monoisotopic (exact) mass is 408 g/mol. The lowest BCUT2D eigenvalue weighted by atomic mass is 9.76. The molecule has 2 fully saturated rings. The van der Waals surface area contributed by atoms with Gasteiger partial charge in [0.05, 0.1) is 0 Å². The van der Waals surface area contributed by atoms with E-state index in [9.17, 15) is 9.59 Å². The van der Waals surface area contributed by atoms with Gasteiger partial charge in [0.25, 0.3) is 0 Å². The number of rotatable bonds is 11. The van der Waals surface area contributed by atoms with Crippen LogP contribution in [0.3, 0.4) is 0 Å². The van der Waals surface area contributed by atoms with Gasteiger partial charge in [0, 0.05) is 51.1 Å². The number of hydrogen-bond acceptors (Lipinski definition) is 4. The van der Waals surface area contributed by atoms with Crippen molar-refractivity contribution in [2.75, 3.05) is 45.8 Å². The van der Waals surface area contributed by atoms with Crippen molar-refractivity contribution in [3.63, 3.8) is 0 Å². The largest absolute Gasteiger partial charge is 0.334 e. The molecule has 1 aliphatic carbocycles. The van der Waals surface area contributed by atoms with Crippen LogP contribution in [0.2, 0.25) is 0 Å². The van der Waals surface area contributed by atoms with Gasteiger partial charge in [0.15, 0.2) is 0 Å². The van der Waals surface area contributed by atoms with Crippen molar-refractivity contribution in [3.8, 4) is 0 Å². The molecule has 0 radical (unpaired) electrons. The second-order valence-electron chi connectivity index (χ2n) is 8.91. The number of carbonyl (C=O) groups is 2. The molecule has 0 aromatic rings. The van der Waals surface area contributed by atoms with E-state index in [0.717, 1.165) is 84.3 Å². The van der Waals surface area contributed by atoms with E-state index in [1.54, 1.807) is 0 Å². The first-order valence-corrected chi connectivity index (χ1v) is 12.1. The number of amides is 2. The molecule has 1 aliphatic heterocycles. The minimum atomic E-state index is 0.0579. The summed E-state index contributed by atoms with van der Waals surface area (Å²) in [7, 11) is 0. The molecular formula is C23H44N4O2. The molecule has 3 atom stereocenters. The van der Waals surface area contributed by atoms with E-state index in [-0.39, 0.29) is 12.1 Å². The predicted octanol–water partition coefficient (Wildman–Crippen LogP) is 3.36. The van der Waals surface area contributed by atoms with Gasteiger partial charge in [-0.15, -0.1) is 0 Å². The van der Waals surface area contributed by atoms with Gasteiger partial charge in [-0.05, 0) is 64.6 Å². The number of likely N-dealkylation sites (N-methyl/N-ethyl adjacent to an activating group) is 1. The minimum absolute atomic E-state index is 0.0579. The first-order chi connectivity index (χ1) is 14.0. The summed E-state index contributed by atoms with van der Waals surface area (Å²) in [5, 5.41) is 3.31. The van der Waals surface area contributed by atoms with Crippen LogP contribution >= 0.6 is 0 Å². The van der Waals surface area contributed by atoms with Crippen molar-refractivity contribution < 1.29 is 9.59 Å². The molecule has 6 heteroatoms. The van der Waals surface area contributed by atoms with Crippen LogP contribution in [0.5, 0.6) is 0 Å². The molecule has 2 rings (SSSR count). The second kappa shape index (κ2) is 12.5. The third-order valence-electron chi connectivity index (χ3n) is 6.54. The van der Waals surface area contributed by atoms with Crippen LogP contribution in [0.25, 0.3) is 0 Å². The average molecular weight is 409 g/mol. The maximum atomic E-state index is 13.0. The fourth-order valence-corrected chi connectivity index (χ4v) is 5.20. The van der Waals surface area contributed by atoms with E-state index in [0.29, 0.717) is 24.2 Å². The van der Waals surface area contributed by atoms with Crippen molar-refractivity contribution in [3.05, 3.63) is 0 Å². The number of fused-ring (bicyclic) bond motifs is 1. The zero-order valence-corrected chi connectivity index (χ0v) is 19.3. The SMILES string of the molecule is CCCN(CCC)CCN(CC)C(=O)N[C@H]1C[C@@H]2CC(=O)CC[C@H]2N(CCC)C1. The van der Waals surface area contributed by atoms with Gasteiger partial charge in [-0.2, -0.15) is 0 Å². The summed E-state index contributed by atoms with van der Waals surface area (Å²) >= 11 is 0. The minimum Gasteiger partial charge on any atom is -0.334 e. The van der Waals surface area contributed by atoms with Crippen LogP contribution in [-0.4, -0.2) is 84.4 Å². The van der Waals surface area contributed by atoms with Crippen LogP contribution in [0.4, 0.5) is 4.79 Å². The Morgan fingerprint density at radius 2 is 1.79 bits per heavy atom. The first-order valence-electron chi connectivity index (χ1n) is 12.1. The van der Waals surface area contributed by atoms with Gasteiger partial charge in [0.1, 0.15) is 5.78 Å². The number of piperidine rings is 1. The summed E-state index contributed by atoms with van der Waals surface area (Å²) in [6.45, 7) is 15.3. The van der Waals surface area contributed by atoms with Crippen molar-refractivity contribution in [1.29, 1.82) is 0 Å². The van der Waals surface area contributed by atoms with Gasteiger partial charge in [-0.25, -0.2) is 4.79 Å². The quantitative estimate of drug-likeness (QED) is 0.570. The van der Waals surface area contributed by atoms with Gasteiger partial charge < -0.3 is 15.1 Å². The Bertz CT molecular complexity index is 507. The fraction of sp³-hybridized carbons (Fsp3) is 0.913. The molecule has 29 heavy (non-hydrogen) atoms. The van der Waals surface area contributed by atoms with Crippen molar-refractivity contribution in [1.82, 2.24) is 20.0 Å². The van der Waals surface area contributed by atoms with Crippen LogP contribution in [0.1, 0.15) is 72.6 Å². The van der Waals surface area contributed by atoms with Crippen LogP contribution in [0.15, 0.2) is 0 Å². The standard InChI is InChI=1S/C23H44N4O2/c1-5-11-25(12-6-2)14-15-26(8-4)23(29)24-20-16-19-17-21(28)9-10-22(19)27(18-20)13-7-3/h19-20,22H,5-18H2,1-4H3,(H,24,29)/t19-,20+,22-/m1/s1. The van der Waals surface area contributed by atoms with Crippen molar-refractivity contribution in [2.24, 2.45) is 5.92 Å². The Labute approximate surface area is 178 Å². The predicted molar refractivity (Wildman–Crippen MR) is 119 cm³/mol. The number of nitrogens with one attached hydrogen (secondary N) is 1. The molecule has 0 aromatic carbocycles. The van der Waals surface area contributed by atoms with Gasteiger partial charge in [-0.1, -0.05) is 20.8 Å². The highest BCUT2D eigenvalue weighted by Crippen LogP contribution is 2.34. The average Bonchev–Trinajstić information content (AvgIpc) is 2.68. The van der Waals surface area contributed by atoms with E-state index in [1.165, 1.54) is 0 Å². The van der Waals surface area contributed by atoms with Crippen LogP contribution in [-0.2, 0) is 4.79 Å². The molecule has 1 heterocycles. The molecule has 1 saturated heterocycles. The smallest absolute Gasteiger partial charge is 0.317 e. The summed E-state index contributed by atoms with van der Waals surface area (Å²) in [5.41, 5.74) is 0. The Hall–Kier alpha value is -1.14. The van der Waals surface area contributed by atoms with Gasteiger partial charge in [0.2, 0.25) is 0 Å². The highest BCUT2D eigenvalue weighted by molar-refractivity contribution is 5.79. The Kier molecular flexibility index (Phi) is 10.4. The number of likely N-dealkylation sites (tertiary alicyclic amines) is 1. The second-order valence-corrected chi connectivity index (χ2v) is 8.91. The fourth-order valence-electron chi connectivity index (χ4n) is 5.20. The molecule has 0 spiro atoms.